The third kappa shape index (κ3) is 5.54. The van der Waals surface area contributed by atoms with Crippen molar-refractivity contribution in [2.24, 2.45) is 0 Å². The van der Waals surface area contributed by atoms with Crippen molar-refractivity contribution in [1.82, 2.24) is 0 Å². The maximum absolute atomic E-state index is 13.5. The lowest BCUT2D eigenvalue weighted by Crippen LogP contribution is -2.32. The molecule has 2 N–H and O–H groups in total. The van der Waals surface area contributed by atoms with Gasteiger partial charge in [-0.2, -0.15) is 0 Å². The zero-order chi connectivity index (χ0) is 28.5. The molecule has 0 unspecified atom stereocenters. The molecule has 4 aromatic carbocycles. The van der Waals surface area contributed by atoms with E-state index in [4.69, 9.17) is 9.47 Å². The highest BCUT2D eigenvalue weighted by atomic mass is 79.9. The number of carbonyl (C=O) groups is 3. The van der Waals surface area contributed by atoms with Crippen LogP contribution in [-0.2, 0) is 9.59 Å². The number of benzene rings is 4. The summed E-state index contributed by atoms with van der Waals surface area (Å²) < 4.78 is 25.0. The van der Waals surface area contributed by atoms with E-state index in [0.717, 1.165) is 21.1 Å². The van der Waals surface area contributed by atoms with Crippen molar-refractivity contribution >= 4 is 62.5 Å². The SMILES string of the molecule is O=C(Nc1ccc(SC2=C(Nc3ccc(Br)cc3)C(=O)N(c3ccc(F)cc3)C2=O)cc1)c1ccc2c(c1)OCO2. The Hall–Kier alpha value is -4.61. The molecule has 2 aliphatic rings. The van der Waals surface area contributed by atoms with E-state index in [1.807, 2.05) is 12.1 Å². The zero-order valence-corrected chi connectivity index (χ0v) is 23.4. The zero-order valence-electron chi connectivity index (χ0n) is 21.0. The van der Waals surface area contributed by atoms with Gasteiger partial charge in [-0.1, -0.05) is 27.7 Å². The van der Waals surface area contributed by atoms with Gasteiger partial charge in [0.1, 0.15) is 16.4 Å². The average Bonchev–Trinajstić information content (AvgIpc) is 3.54. The first kappa shape index (κ1) is 26.6. The molecule has 11 heteroatoms. The van der Waals surface area contributed by atoms with Crippen molar-refractivity contribution < 1.29 is 28.2 Å². The fourth-order valence-corrected chi connectivity index (χ4v) is 5.37. The summed E-state index contributed by atoms with van der Waals surface area (Å²) in [5, 5.41) is 5.91. The van der Waals surface area contributed by atoms with Crippen LogP contribution in [0.1, 0.15) is 10.4 Å². The highest BCUT2D eigenvalue weighted by Gasteiger charge is 2.40. The van der Waals surface area contributed by atoms with Crippen molar-refractivity contribution in [2.45, 2.75) is 4.90 Å². The molecule has 2 aliphatic heterocycles. The summed E-state index contributed by atoms with van der Waals surface area (Å²) in [7, 11) is 0. The number of hydrogen-bond acceptors (Lipinski definition) is 7. The number of ether oxygens (including phenoxy) is 2. The molecule has 41 heavy (non-hydrogen) atoms. The van der Waals surface area contributed by atoms with Gasteiger partial charge in [0.25, 0.3) is 17.7 Å². The molecule has 0 radical (unpaired) electrons. The Morgan fingerprint density at radius 1 is 0.829 bits per heavy atom. The number of fused-ring (bicyclic) bond motifs is 1. The molecule has 0 saturated heterocycles. The maximum atomic E-state index is 13.5. The monoisotopic (exact) mass is 631 g/mol. The molecule has 8 nitrogen and oxygen atoms in total. The molecule has 0 atom stereocenters. The fraction of sp³-hybridized carbons (Fsp3) is 0.0333. The highest BCUT2D eigenvalue weighted by Crippen LogP contribution is 2.38. The Labute approximate surface area is 246 Å². The predicted molar refractivity (Wildman–Crippen MR) is 157 cm³/mol. The molecular formula is C30H19BrFN3O5S. The van der Waals surface area contributed by atoms with Gasteiger partial charge in [0.2, 0.25) is 6.79 Å². The van der Waals surface area contributed by atoms with E-state index in [9.17, 15) is 18.8 Å². The van der Waals surface area contributed by atoms with Crippen LogP contribution in [0, 0.1) is 5.82 Å². The van der Waals surface area contributed by atoms with E-state index in [0.29, 0.717) is 33.3 Å². The first-order valence-electron chi connectivity index (χ1n) is 12.3. The molecule has 0 saturated carbocycles. The van der Waals surface area contributed by atoms with Gasteiger partial charge in [-0.25, -0.2) is 9.29 Å². The molecule has 2 heterocycles. The summed E-state index contributed by atoms with van der Waals surface area (Å²) in [6, 6.07) is 24.1. The second-order valence-electron chi connectivity index (χ2n) is 8.91. The molecular weight excluding hydrogens is 613 g/mol. The van der Waals surface area contributed by atoms with Crippen LogP contribution >= 0.6 is 27.7 Å². The third-order valence-corrected chi connectivity index (χ3v) is 7.83. The molecule has 0 spiro atoms. The van der Waals surface area contributed by atoms with E-state index < -0.39 is 17.6 Å². The number of halogens is 2. The molecule has 6 rings (SSSR count). The lowest BCUT2D eigenvalue weighted by Gasteiger charge is -2.15. The van der Waals surface area contributed by atoms with E-state index >= 15 is 0 Å². The van der Waals surface area contributed by atoms with Crippen LogP contribution in [0.5, 0.6) is 11.5 Å². The molecule has 0 bridgehead atoms. The first-order valence-corrected chi connectivity index (χ1v) is 13.9. The predicted octanol–water partition coefficient (Wildman–Crippen LogP) is 6.56. The van der Waals surface area contributed by atoms with Gasteiger partial charge in [0.05, 0.1) is 5.69 Å². The number of imide groups is 1. The standard InChI is InChI=1S/C30H19BrFN3O5S/c31-18-2-6-20(7-3-18)33-26-27(30(38)35(29(26)37)22-10-4-19(32)5-11-22)41-23-12-8-21(9-13-23)34-28(36)17-1-14-24-25(15-17)40-16-39-24/h1-15,33H,16H2,(H,34,36). The van der Waals surface area contributed by atoms with Crippen LogP contribution in [0.15, 0.2) is 111 Å². The summed E-state index contributed by atoms with van der Waals surface area (Å²) in [6.07, 6.45) is 0. The topological polar surface area (TPSA) is 97.0 Å². The van der Waals surface area contributed by atoms with Crippen molar-refractivity contribution in [3.05, 3.63) is 117 Å². The first-order chi connectivity index (χ1) is 19.9. The number of hydrogen-bond donors (Lipinski definition) is 2. The Kier molecular flexibility index (Phi) is 7.21. The number of carbonyl (C=O) groups excluding carboxylic acids is 3. The fourth-order valence-electron chi connectivity index (χ4n) is 4.18. The van der Waals surface area contributed by atoms with Crippen LogP contribution in [-0.4, -0.2) is 24.5 Å². The molecule has 0 aliphatic carbocycles. The Morgan fingerprint density at radius 2 is 1.51 bits per heavy atom. The van der Waals surface area contributed by atoms with Gasteiger partial charge < -0.3 is 20.1 Å². The Morgan fingerprint density at radius 3 is 2.24 bits per heavy atom. The highest BCUT2D eigenvalue weighted by molar-refractivity contribution is 9.10. The van der Waals surface area contributed by atoms with Gasteiger partial charge in [0, 0.05) is 26.3 Å². The van der Waals surface area contributed by atoms with Crippen LogP contribution in [0.2, 0.25) is 0 Å². The van der Waals surface area contributed by atoms with Gasteiger partial charge in [-0.15, -0.1) is 0 Å². The number of nitrogens with zero attached hydrogens (tertiary/aromatic N) is 1. The molecule has 0 aromatic heterocycles. The number of anilines is 3. The largest absolute Gasteiger partial charge is 0.454 e. The smallest absolute Gasteiger partial charge is 0.283 e. The van der Waals surface area contributed by atoms with Crippen molar-refractivity contribution in [3.8, 4) is 11.5 Å². The van der Waals surface area contributed by atoms with Crippen molar-refractivity contribution in [3.63, 3.8) is 0 Å². The number of nitrogens with one attached hydrogen (secondary N) is 2. The van der Waals surface area contributed by atoms with E-state index in [2.05, 4.69) is 26.6 Å². The molecule has 0 fully saturated rings. The van der Waals surface area contributed by atoms with E-state index in [-0.39, 0.29) is 29.0 Å². The minimum absolute atomic E-state index is 0.104. The van der Waals surface area contributed by atoms with Gasteiger partial charge in [-0.3, -0.25) is 14.4 Å². The van der Waals surface area contributed by atoms with Crippen LogP contribution in [0.3, 0.4) is 0 Å². The van der Waals surface area contributed by atoms with Crippen molar-refractivity contribution in [2.75, 3.05) is 22.3 Å². The third-order valence-electron chi connectivity index (χ3n) is 6.21. The van der Waals surface area contributed by atoms with Crippen LogP contribution in [0.25, 0.3) is 0 Å². The number of thioether (sulfide) groups is 1. The summed E-state index contributed by atoms with van der Waals surface area (Å²) >= 11 is 4.50. The summed E-state index contributed by atoms with van der Waals surface area (Å²) in [5.74, 6) is -0.792. The lowest BCUT2D eigenvalue weighted by atomic mass is 10.2. The van der Waals surface area contributed by atoms with Gasteiger partial charge in [-0.05, 0) is 91.0 Å². The lowest BCUT2D eigenvalue weighted by molar-refractivity contribution is -0.120. The summed E-state index contributed by atoms with van der Waals surface area (Å²) in [6.45, 7) is 0.117. The summed E-state index contributed by atoms with van der Waals surface area (Å²) in [5.41, 5.74) is 1.93. The second-order valence-corrected chi connectivity index (χ2v) is 10.9. The molecule has 4 aromatic rings. The number of amides is 3. The average molecular weight is 632 g/mol. The second kappa shape index (κ2) is 11.1. The minimum Gasteiger partial charge on any atom is -0.454 e. The maximum Gasteiger partial charge on any atom is 0.283 e. The number of rotatable bonds is 7. The molecule has 204 valence electrons. The minimum atomic E-state index is -0.556. The van der Waals surface area contributed by atoms with E-state index in [1.165, 1.54) is 24.3 Å². The van der Waals surface area contributed by atoms with Crippen LogP contribution in [0.4, 0.5) is 21.5 Å². The Balaban J connectivity index is 1.23. The van der Waals surface area contributed by atoms with E-state index in [1.54, 1.807) is 54.6 Å². The molecule has 3 amide bonds. The van der Waals surface area contributed by atoms with Gasteiger partial charge >= 0.3 is 0 Å². The van der Waals surface area contributed by atoms with Gasteiger partial charge in [0.15, 0.2) is 11.5 Å². The Bertz CT molecular complexity index is 1710. The van der Waals surface area contributed by atoms with Crippen molar-refractivity contribution in [1.29, 1.82) is 0 Å². The normalized spacial score (nSPS) is 14.0. The van der Waals surface area contributed by atoms with Crippen LogP contribution < -0.4 is 25.0 Å². The quantitative estimate of drug-likeness (QED) is 0.223. The summed E-state index contributed by atoms with van der Waals surface area (Å²) in [4.78, 5) is 41.6.